The van der Waals surface area contributed by atoms with Gasteiger partial charge in [-0.3, -0.25) is 9.69 Å². The molecule has 1 aromatic rings. The van der Waals surface area contributed by atoms with Crippen LogP contribution in [0.15, 0.2) is 24.3 Å². The molecule has 0 aliphatic carbocycles. The Balaban J connectivity index is 2.46. The summed E-state index contributed by atoms with van der Waals surface area (Å²) in [4.78, 5) is 13.9. The normalized spacial score (nSPS) is 11.7. The molecular weight excluding hydrogens is 240 g/mol. The number of carbonyl (C=O) groups excluding carboxylic acids is 1. The lowest BCUT2D eigenvalue weighted by molar-refractivity contribution is -0.117. The number of nitrogens with zero attached hydrogens (tertiary/aromatic N) is 1. The molecule has 1 rings (SSSR count). The summed E-state index contributed by atoms with van der Waals surface area (Å²) < 4.78 is 0. The maximum absolute atomic E-state index is 11.9. The molecule has 0 heterocycles. The number of aliphatic hydroxyl groups excluding tert-OH is 1. The van der Waals surface area contributed by atoms with E-state index < -0.39 is 0 Å². The standard InChI is InChI=1S/C15H24N2O2/c1-15(2,3)11-17(4)9-14(19)16-13-7-5-12(10-18)6-8-13/h5-8,18H,9-11H2,1-4H3,(H,16,19). The van der Waals surface area contributed by atoms with E-state index in [1.54, 1.807) is 24.3 Å². The average Bonchev–Trinajstić information content (AvgIpc) is 2.27. The molecule has 1 amide bonds. The highest BCUT2D eigenvalue weighted by Gasteiger charge is 2.15. The minimum absolute atomic E-state index is 0.0164. The maximum Gasteiger partial charge on any atom is 0.238 e. The number of benzene rings is 1. The van der Waals surface area contributed by atoms with E-state index in [0.29, 0.717) is 6.54 Å². The third-order valence-corrected chi connectivity index (χ3v) is 2.58. The van der Waals surface area contributed by atoms with E-state index in [-0.39, 0.29) is 17.9 Å². The summed E-state index contributed by atoms with van der Waals surface area (Å²) in [5.41, 5.74) is 1.77. The van der Waals surface area contributed by atoms with Crippen molar-refractivity contribution in [2.45, 2.75) is 27.4 Å². The molecule has 4 nitrogen and oxygen atoms in total. The quantitative estimate of drug-likeness (QED) is 0.856. The Morgan fingerprint density at radius 2 is 1.84 bits per heavy atom. The van der Waals surface area contributed by atoms with Crippen LogP contribution in [0.5, 0.6) is 0 Å². The van der Waals surface area contributed by atoms with E-state index in [4.69, 9.17) is 5.11 Å². The van der Waals surface area contributed by atoms with Gasteiger partial charge in [0.15, 0.2) is 0 Å². The van der Waals surface area contributed by atoms with Gasteiger partial charge in [-0.1, -0.05) is 32.9 Å². The van der Waals surface area contributed by atoms with Gasteiger partial charge in [0, 0.05) is 12.2 Å². The Labute approximate surface area is 115 Å². The first kappa shape index (κ1) is 15.7. The lowest BCUT2D eigenvalue weighted by Gasteiger charge is -2.25. The van der Waals surface area contributed by atoms with Crippen LogP contribution in [0.2, 0.25) is 0 Å². The summed E-state index contributed by atoms with van der Waals surface area (Å²) in [7, 11) is 1.94. The smallest absolute Gasteiger partial charge is 0.238 e. The second-order valence-electron chi connectivity index (χ2n) is 6.14. The van der Waals surface area contributed by atoms with E-state index in [1.165, 1.54) is 0 Å². The number of likely N-dealkylation sites (N-methyl/N-ethyl adjacent to an activating group) is 1. The van der Waals surface area contributed by atoms with Crippen molar-refractivity contribution in [3.63, 3.8) is 0 Å². The minimum atomic E-state index is -0.0245. The number of hydrogen-bond acceptors (Lipinski definition) is 3. The van der Waals surface area contributed by atoms with Crippen molar-refractivity contribution >= 4 is 11.6 Å². The second kappa shape index (κ2) is 6.68. The molecule has 19 heavy (non-hydrogen) atoms. The fourth-order valence-corrected chi connectivity index (χ4v) is 2.00. The van der Waals surface area contributed by atoms with Crippen molar-refractivity contribution < 1.29 is 9.90 Å². The first-order valence-corrected chi connectivity index (χ1v) is 6.48. The number of amides is 1. The molecule has 0 bridgehead atoms. The van der Waals surface area contributed by atoms with E-state index >= 15 is 0 Å². The second-order valence-corrected chi connectivity index (χ2v) is 6.14. The molecule has 4 heteroatoms. The highest BCUT2D eigenvalue weighted by molar-refractivity contribution is 5.92. The lowest BCUT2D eigenvalue weighted by Crippen LogP contribution is -2.35. The van der Waals surface area contributed by atoms with Gasteiger partial charge in [-0.05, 0) is 30.2 Å². The van der Waals surface area contributed by atoms with Gasteiger partial charge >= 0.3 is 0 Å². The summed E-state index contributed by atoms with van der Waals surface area (Å²) in [5, 5.41) is 11.8. The highest BCUT2D eigenvalue weighted by atomic mass is 16.3. The fraction of sp³-hybridized carbons (Fsp3) is 0.533. The Hall–Kier alpha value is -1.39. The maximum atomic E-state index is 11.9. The van der Waals surface area contributed by atoms with Crippen LogP contribution < -0.4 is 5.32 Å². The van der Waals surface area contributed by atoms with Crippen molar-refractivity contribution in [2.24, 2.45) is 5.41 Å². The van der Waals surface area contributed by atoms with Crippen molar-refractivity contribution in [3.8, 4) is 0 Å². The monoisotopic (exact) mass is 264 g/mol. The zero-order chi connectivity index (χ0) is 14.5. The van der Waals surface area contributed by atoms with Gasteiger partial charge in [0.05, 0.1) is 13.2 Å². The van der Waals surface area contributed by atoms with Gasteiger partial charge in [-0.15, -0.1) is 0 Å². The van der Waals surface area contributed by atoms with Crippen LogP contribution >= 0.6 is 0 Å². The number of anilines is 1. The summed E-state index contributed by atoms with van der Waals surface area (Å²) in [5.74, 6) is -0.0245. The number of carbonyl (C=O) groups is 1. The molecule has 0 aliphatic heterocycles. The van der Waals surface area contributed by atoms with Gasteiger partial charge < -0.3 is 10.4 Å². The molecule has 2 N–H and O–H groups in total. The Bertz CT molecular complexity index is 407. The zero-order valence-corrected chi connectivity index (χ0v) is 12.2. The predicted octanol–water partition coefficient (Wildman–Crippen LogP) is 2.10. The van der Waals surface area contributed by atoms with E-state index in [0.717, 1.165) is 17.8 Å². The number of aliphatic hydroxyl groups is 1. The Kier molecular flexibility index (Phi) is 5.51. The molecule has 0 aliphatic rings. The topological polar surface area (TPSA) is 52.6 Å². The van der Waals surface area contributed by atoms with E-state index in [9.17, 15) is 4.79 Å². The number of nitrogens with one attached hydrogen (secondary N) is 1. The Morgan fingerprint density at radius 3 is 2.32 bits per heavy atom. The third kappa shape index (κ3) is 6.36. The highest BCUT2D eigenvalue weighted by Crippen LogP contribution is 2.14. The van der Waals surface area contributed by atoms with Gasteiger partial charge in [0.2, 0.25) is 5.91 Å². The van der Waals surface area contributed by atoms with Crippen LogP contribution in [0, 0.1) is 5.41 Å². The average molecular weight is 264 g/mol. The first-order chi connectivity index (χ1) is 8.80. The predicted molar refractivity (Wildman–Crippen MR) is 77.9 cm³/mol. The van der Waals surface area contributed by atoms with Gasteiger partial charge in [0.1, 0.15) is 0 Å². The van der Waals surface area contributed by atoms with Crippen molar-refractivity contribution in [1.82, 2.24) is 4.90 Å². The zero-order valence-electron chi connectivity index (χ0n) is 12.2. The molecule has 0 saturated carbocycles. The van der Waals surface area contributed by atoms with Crippen LogP contribution in [-0.2, 0) is 11.4 Å². The van der Waals surface area contributed by atoms with Crippen molar-refractivity contribution in [1.29, 1.82) is 0 Å². The SMILES string of the molecule is CN(CC(=O)Nc1ccc(CO)cc1)CC(C)(C)C. The van der Waals surface area contributed by atoms with Crippen LogP contribution in [-0.4, -0.2) is 36.1 Å². The summed E-state index contributed by atoms with van der Waals surface area (Å²) in [6, 6.07) is 7.20. The third-order valence-electron chi connectivity index (χ3n) is 2.58. The molecule has 0 aromatic heterocycles. The molecular formula is C15H24N2O2. The van der Waals surface area contributed by atoms with Gasteiger partial charge in [-0.2, -0.15) is 0 Å². The molecule has 1 aromatic carbocycles. The van der Waals surface area contributed by atoms with Crippen LogP contribution in [0.3, 0.4) is 0 Å². The number of rotatable bonds is 5. The summed E-state index contributed by atoms with van der Waals surface area (Å²) in [6.07, 6.45) is 0. The minimum Gasteiger partial charge on any atom is -0.392 e. The van der Waals surface area contributed by atoms with E-state index in [2.05, 4.69) is 26.1 Å². The van der Waals surface area contributed by atoms with Crippen LogP contribution in [0.4, 0.5) is 5.69 Å². The summed E-state index contributed by atoms with van der Waals surface area (Å²) in [6.45, 7) is 7.70. The molecule has 0 saturated heterocycles. The Morgan fingerprint density at radius 1 is 1.26 bits per heavy atom. The molecule has 0 atom stereocenters. The first-order valence-electron chi connectivity index (χ1n) is 6.48. The molecule has 106 valence electrons. The van der Waals surface area contributed by atoms with Gasteiger partial charge in [-0.25, -0.2) is 0 Å². The lowest BCUT2D eigenvalue weighted by atomic mass is 9.96. The molecule has 0 spiro atoms. The van der Waals surface area contributed by atoms with Gasteiger partial charge in [0.25, 0.3) is 0 Å². The van der Waals surface area contributed by atoms with Crippen molar-refractivity contribution in [3.05, 3.63) is 29.8 Å². The number of hydrogen-bond donors (Lipinski definition) is 2. The van der Waals surface area contributed by atoms with E-state index in [1.807, 2.05) is 11.9 Å². The summed E-state index contributed by atoms with van der Waals surface area (Å²) >= 11 is 0. The molecule has 0 radical (unpaired) electrons. The van der Waals surface area contributed by atoms with Crippen LogP contribution in [0.1, 0.15) is 26.3 Å². The van der Waals surface area contributed by atoms with Crippen molar-refractivity contribution in [2.75, 3.05) is 25.5 Å². The largest absolute Gasteiger partial charge is 0.392 e. The molecule has 0 unspecified atom stereocenters. The fourth-order valence-electron chi connectivity index (χ4n) is 2.00. The molecule has 0 fully saturated rings. The van der Waals surface area contributed by atoms with Crippen LogP contribution in [0.25, 0.3) is 0 Å².